The SMILES string of the molecule is C=CCC1C(=S)OC(COCc2ccccc2)C1CC=C. The van der Waals surface area contributed by atoms with E-state index in [1.807, 2.05) is 30.4 Å². The van der Waals surface area contributed by atoms with Crippen LogP contribution in [0.2, 0.25) is 0 Å². The molecule has 1 aliphatic heterocycles. The van der Waals surface area contributed by atoms with Gasteiger partial charge in [-0.15, -0.1) is 13.2 Å². The van der Waals surface area contributed by atoms with Gasteiger partial charge in [-0.3, -0.25) is 0 Å². The van der Waals surface area contributed by atoms with Crippen LogP contribution < -0.4 is 0 Å². The highest BCUT2D eigenvalue weighted by Crippen LogP contribution is 2.35. The number of benzene rings is 1. The number of thiocarbonyl (C=S) groups is 1. The van der Waals surface area contributed by atoms with Crippen molar-refractivity contribution in [2.75, 3.05) is 6.61 Å². The summed E-state index contributed by atoms with van der Waals surface area (Å²) >= 11 is 5.36. The number of hydrogen-bond donors (Lipinski definition) is 0. The molecule has 112 valence electrons. The summed E-state index contributed by atoms with van der Waals surface area (Å²) in [5.74, 6) is 0.588. The van der Waals surface area contributed by atoms with E-state index < -0.39 is 0 Å². The van der Waals surface area contributed by atoms with E-state index in [2.05, 4.69) is 25.3 Å². The Morgan fingerprint density at radius 2 is 1.86 bits per heavy atom. The van der Waals surface area contributed by atoms with Crippen LogP contribution in [0.25, 0.3) is 0 Å². The molecule has 0 bridgehead atoms. The maximum Gasteiger partial charge on any atom is 0.164 e. The maximum atomic E-state index is 5.84. The fraction of sp³-hybridized carbons (Fsp3) is 0.389. The van der Waals surface area contributed by atoms with Crippen LogP contribution in [0, 0.1) is 11.8 Å². The third-order valence-corrected chi connectivity index (χ3v) is 4.22. The molecule has 2 rings (SSSR count). The van der Waals surface area contributed by atoms with Crippen molar-refractivity contribution < 1.29 is 9.47 Å². The second-order valence-electron chi connectivity index (χ2n) is 5.30. The molecule has 1 saturated heterocycles. The summed E-state index contributed by atoms with van der Waals surface area (Å²) < 4.78 is 11.7. The summed E-state index contributed by atoms with van der Waals surface area (Å²) in [6.07, 6.45) is 5.60. The van der Waals surface area contributed by atoms with Crippen LogP contribution in [0.5, 0.6) is 0 Å². The van der Waals surface area contributed by atoms with Crippen LogP contribution in [0.15, 0.2) is 55.6 Å². The molecular formula is C18H22O2S. The van der Waals surface area contributed by atoms with E-state index in [0.29, 0.717) is 24.2 Å². The van der Waals surface area contributed by atoms with Crippen molar-refractivity contribution >= 4 is 17.3 Å². The molecule has 0 aliphatic carbocycles. The zero-order valence-corrected chi connectivity index (χ0v) is 13.1. The smallest absolute Gasteiger partial charge is 0.164 e. The Balaban J connectivity index is 1.90. The summed E-state index contributed by atoms with van der Waals surface area (Å²) in [4.78, 5) is 0. The Morgan fingerprint density at radius 1 is 1.14 bits per heavy atom. The predicted molar refractivity (Wildman–Crippen MR) is 90.2 cm³/mol. The molecule has 0 saturated carbocycles. The van der Waals surface area contributed by atoms with Crippen molar-refractivity contribution in [2.45, 2.75) is 25.6 Å². The predicted octanol–water partition coefficient (Wildman–Crippen LogP) is 4.31. The normalized spacial score (nSPS) is 24.6. The summed E-state index contributed by atoms with van der Waals surface area (Å²) in [7, 11) is 0. The van der Waals surface area contributed by atoms with Gasteiger partial charge in [0.25, 0.3) is 0 Å². The van der Waals surface area contributed by atoms with Gasteiger partial charge in [-0.05, 0) is 30.6 Å². The summed E-state index contributed by atoms with van der Waals surface area (Å²) in [5.41, 5.74) is 1.17. The molecule has 1 aliphatic rings. The third-order valence-electron chi connectivity index (χ3n) is 3.82. The van der Waals surface area contributed by atoms with E-state index in [9.17, 15) is 0 Å². The van der Waals surface area contributed by atoms with E-state index in [-0.39, 0.29) is 12.0 Å². The van der Waals surface area contributed by atoms with Crippen LogP contribution in [0.4, 0.5) is 0 Å². The van der Waals surface area contributed by atoms with Crippen molar-refractivity contribution in [3.05, 3.63) is 61.2 Å². The molecule has 1 fully saturated rings. The average molecular weight is 302 g/mol. The van der Waals surface area contributed by atoms with Gasteiger partial charge in [-0.2, -0.15) is 0 Å². The van der Waals surface area contributed by atoms with Gasteiger partial charge in [-0.25, -0.2) is 0 Å². The van der Waals surface area contributed by atoms with Crippen LogP contribution in [-0.2, 0) is 16.1 Å². The van der Waals surface area contributed by atoms with Gasteiger partial charge in [0.1, 0.15) is 6.10 Å². The topological polar surface area (TPSA) is 18.5 Å². The zero-order chi connectivity index (χ0) is 15.1. The fourth-order valence-corrected chi connectivity index (χ4v) is 3.14. The second kappa shape index (κ2) is 8.11. The average Bonchev–Trinajstić information content (AvgIpc) is 2.78. The van der Waals surface area contributed by atoms with Crippen molar-refractivity contribution in [3.8, 4) is 0 Å². The lowest BCUT2D eigenvalue weighted by molar-refractivity contribution is 0.0255. The molecule has 1 heterocycles. The third kappa shape index (κ3) is 4.26. The zero-order valence-electron chi connectivity index (χ0n) is 12.2. The van der Waals surface area contributed by atoms with E-state index in [1.54, 1.807) is 0 Å². The van der Waals surface area contributed by atoms with Gasteiger partial charge in [0.2, 0.25) is 0 Å². The Labute approximate surface area is 132 Å². The summed E-state index contributed by atoms with van der Waals surface area (Å²) in [6.45, 7) is 8.80. The second-order valence-corrected chi connectivity index (χ2v) is 5.70. The minimum Gasteiger partial charge on any atom is -0.481 e. The van der Waals surface area contributed by atoms with Gasteiger partial charge < -0.3 is 9.47 Å². The molecule has 0 N–H and O–H groups in total. The Morgan fingerprint density at radius 3 is 2.52 bits per heavy atom. The van der Waals surface area contributed by atoms with E-state index in [1.165, 1.54) is 5.56 Å². The molecule has 1 aromatic carbocycles. The van der Waals surface area contributed by atoms with Gasteiger partial charge in [0, 0.05) is 11.8 Å². The van der Waals surface area contributed by atoms with Gasteiger partial charge in [-0.1, -0.05) is 42.5 Å². The molecule has 0 amide bonds. The van der Waals surface area contributed by atoms with E-state index in [4.69, 9.17) is 21.7 Å². The first kappa shape index (κ1) is 15.9. The number of rotatable bonds is 8. The van der Waals surface area contributed by atoms with Crippen molar-refractivity contribution in [1.82, 2.24) is 0 Å². The summed E-state index contributed by atoms with van der Waals surface area (Å²) in [6, 6.07) is 10.1. The molecule has 3 heteroatoms. The number of hydrogen-bond acceptors (Lipinski definition) is 3. The Bertz CT molecular complexity index is 483. The highest BCUT2D eigenvalue weighted by molar-refractivity contribution is 7.80. The Kier molecular flexibility index (Phi) is 6.15. The lowest BCUT2D eigenvalue weighted by Gasteiger charge is -2.19. The number of ether oxygens (including phenoxy) is 2. The van der Waals surface area contributed by atoms with Gasteiger partial charge >= 0.3 is 0 Å². The van der Waals surface area contributed by atoms with Crippen LogP contribution in [-0.4, -0.2) is 17.8 Å². The molecule has 3 atom stereocenters. The largest absolute Gasteiger partial charge is 0.481 e. The highest BCUT2D eigenvalue weighted by Gasteiger charge is 2.40. The van der Waals surface area contributed by atoms with Crippen molar-refractivity contribution in [1.29, 1.82) is 0 Å². The molecule has 0 aromatic heterocycles. The molecule has 2 nitrogen and oxygen atoms in total. The first-order valence-corrected chi connectivity index (χ1v) is 7.71. The van der Waals surface area contributed by atoms with Gasteiger partial charge in [0.15, 0.2) is 5.05 Å². The molecule has 0 radical (unpaired) electrons. The van der Waals surface area contributed by atoms with Crippen molar-refractivity contribution in [3.63, 3.8) is 0 Å². The first-order chi connectivity index (χ1) is 10.3. The molecule has 0 spiro atoms. The molecular weight excluding hydrogens is 280 g/mol. The lowest BCUT2D eigenvalue weighted by Crippen LogP contribution is -2.25. The van der Waals surface area contributed by atoms with Crippen molar-refractivity contribution in [2.24, 2.45) is 11.8 Å². The van der Waals surface area contributed by atoms with Crippen LogP contribution in [0.3, 0.4) is 0 Å². The number of allylic oxidation sites excluding steroid dienone is 2. The fourth-order valence-electron chi connectivity index (χ4n) is 2.74. The van der Waals surface area contributed by atoms with Crippen LogP contribution in [0.1, 0.15) is 18.4 Å². The van der Waals surface area contributed by atoms with Crippen LogP contribution >= 0.6 is 12.2 Å². The minimum absolute atomic E-state index is 0.0177. The molecule has 3 unspecified atom stereocenters. The van der Waals surface area contributed by atoms with E-state index >= 15 is 0 Å². The first-order valence-electron chi connectivity index (χ1n) is 7.30. The monoisotopic (exact) mass is 302 g/mol. The minimum atomic E-state index is 0.0177. The highest BCUT2D eigenvalue weighted by atomic mass is 32.1. The molecule has 1 aromatic rings. The van der Waals surface area contributed by atoms with E-state index in [0.717, 1.165) is 12.8 Å². The Hall–Kier alpha value is -1.45. The quantitative estimate of drug-likeness (QED) is 0.526. The lowest BCUT2D eigenvalue weighted by atomic mass is 9.86. The summed E-state index contributed by atoms with van der Waals surface area (Å²) in [5, 5.41) is 0.690. The van der Waals surface area contributed by atoms with Gasteiger partial charge in [0.05, 0.1) is 13.2 Å². The maximum absolute atomic E-state index is 5.84. The molecule has 21 heavy (non-hydrogen) atoms. The standard InChI is InChI=1S/C18H22O2S/c1-3-8-15-16(9-4-2)18(21)20-17(15)13-19-12-14-10-6-5-7-11-14/h3-7,10-11,15-17H,1-2,8-9,12-13H2.